The molecule has 0 unspecified atom stereocenters. The van der Waals surface area contributed by atoms with Gasteiger partial charge in [-0.2, -0.15) is 5.26 Å². The molecule has 0 bridgehead atoms. The first-order valence-corrected chi connectivity index (χ1v) is 6.13. The van der Waals surface area contributed by atoms with Crippen LogP contribution in [-0.2, 0) is 6.42 Å². The highest BCUT2D eigenvalue weighted by Crippen LogP contribution is 2.29. The Hall–Kier alpha value is -1.86. The lowest BCUT2D eigenvalue weighted by atomic mass is 10.1. The summed E-state index contributed by atoms with van der Waals surface area (Å²) in [4.78, 5) is 4.88. The van der Waals surface area contributed by atoms with Gasteiger partial charge < -0.3 is 4.74 Å². The fourth-order valence-corrected chi connectivity index (χ4v) is 2.36. The Morgan fingerprint density at radius 1 is 1.47 bits per heavy atom. The molecule has 0 atom stereocenters. The Morgan fingerprint density at radius 2 is 2.29 bits per heavy atom. The molecule has 2 rings (SSSR count). The summed E-state index contributed by atoms with van der Waals surface area (Å²) in [5.41, 5.74) is 2.19. The molecule has 1 aromatic heterocycles. The molecule has 1 aromatic carbocycles. The summed E-state index contributed by atoms with van der Waals surface area (Å²) in [6.07, 6.45) is 2.52. The number of thiazole rings is 1. The number of methoxy groups -OCH3 is 1. The molecule has 0 saturated carbocycles. The van der Waals surface area contributed by atoms with Gasteiger partial charge in [0.1, 0.15) is 21.7 Å². The minimum Gasteiger partial charge on any atom is -0.496 e. The first-order chi connectivity index (χ1) is 8.28. The highest BCUT2D eigenvalue weighted by Gasteiger charge is 2.07. The van der Waals surface area contributed by atoms with Crippen LogP contribution in [-0.4, -0.2) is 12.1 Å². The summed E-state index contributed by atoms with van der Waals surface area (Å²) in [7, 11) is 1.67. The fraction of sp³-hybridized carbons (Fsp3) is 0.231. The van der Waals surface area contributed by atoms with E-state index in [9.17, 15) is 0 Å². The number of hydrogen-bond acceptors (Lipinski definition) is 4. The normalized spacial score (nSPS) is 9.94. The average molecular weight is 244 g/mol. The van der Waals surface area contributed by atoms with Gasteiger partial charge >= 0.3 is 0 Å². The maximum Gasteiger partial charge on any atom is 0.125 e. The monoisotopic (exact) mass is 244 g/mol. The zero-order valence-corrected chi connectivity index (χ0v) is 10.5. The van der Waals surface area contributed by atoms with Gasteiger partial charge in [-0.25, -0.2) is 4.98 Å². The van der Waals surface area contributed by atoms with Crippen molar-refractivity contribution in [1.29, 1.82) is 5.26 Å². The van der Waals surface area contributed by atoms with Crippen LogP contribution in [0.25, 0.3) is 10.6 Å². The van der Waals surface area contributed by atoms with Gasteiger partial charge in [-0.05, 0) is 30.2 Å². The third-order valence-corrected chi connectivity index (χ3v) is 3.48. The Morgan fingerprint density at radius 3 is 2.88 bits per heavy atom. The summed E-state index contributed by atoms with van der Waals surface area (Å²) < 4.78 is 5.28. The topological polar surface area (TPSA) is 45.9 Å². The van der Waals surface area contributed by atoms with Gasteiger partial charge in [0, 0.05) is 5.56 Å². The van der Waals surface area contributed by atoms with Crippen molar-refractivity contribution in [3.63, 3.8) is 0 Å². The number of nitriles is 1. The predicted molar refractivity (Wildman–Crippen MR) is 68.2 cm³/mol. The summed E-state index contributed by atoms with van der Waals surface area (Å²) in [6.45, 7) is 2.09. The second kappa shape index (κ2) is 4.98. The zero-order chi connectivity index (χ0) is 12.3. The highest BCUT2D eigenvalue weighted by molar-refractivity contribution is 7.15. The Bertz CT molecular complexity index is 569. The minimum absolute atomic E-state index is 0.633. The SMILES string of the molecule is CCc1cc(-c2ncc(C#N)s2)ccc1OC. The van der Waals surface area contributed by atoms with Crippen molar-refractivity contribution in [3.8, 4) is 22.4 Å². The van der Waals surface area contributed by atoms with Crippen LogP contribution >= 0.6 is 11.3 Å². The third kappa shape index (κ3) is 2.29. The van der Waals surface area contributed by atoms with Crippen molar-refractivity contribution in [1.82, 2.24) is 4.98 Å². The summed E-state index contributed by atoms with van der Waals surface area (Å²) in [5.74, 6) is 0.897. The van der Waals surface area contributed by atoms with Gasteiger partial charge in [0.15, 0.2) is 0 Å². The van der Waals surface area contributed by atoms with Crippen molar-refractivity contribution >= 4 is 11.3 Å². The van der Waals surface area contributed by atoms with E-state index >= 15 is 0 Å². The van der Waals surface area contributed by atoms with E-state index in [1.165, 1.54) is 11.3 Å². The van der Waals surface area contributed by atoms with E-state index in [-0.39, 0.29) is 0 Å². The fourth-order valence-electron chi connectivity index (χ4n) is 1.65. The summed E-state index contributed by atoms with van der Waals surface area (Å²) in [5, 5.41) is 9.66. The molecule has 0 saturated heterocycles. The van der Waals surface area contributed by atoms with Gasteiger partial charge in [0.2, 0.25) is 0 Å². The molecule has 0 aliphatic carbocycles. The predicted octanol–water partition coefficient (Wildman–Crippen LogP) is 3.25. The average Bonchev–Trinajstić information content (AvgIpc) is 2.86. The van der Waals surface area contributed by atoms with Gasteiger partial charge in [0.05, 0.1) is 13.3 Å². The molecule has 4 heteroatoms. The van der Waals surface area contributed by atoms with Crippen LogP contribution in [0.4, 0.5) is 0 Å². The van der Waals surface area contributed by atoms with Crippen LogP contribution in [0.5, 0.6) is 5.75 Å². The lowest BCUT2D eigenvalue weighted by Gasteiger charge is -2.07. The third-order valence-electron chi connectivity index (χ3n) is 2.52. The molecule has 0 fully saturated rings. The minimum atomic E-state index is 0.633. The van der Waals surface area contributed by atoms with Gasteiger partial charge in [0.25, 0.3) is 0 Å². The Balaban J connectivity index is 2.43. The molecule has 0 N–H and O–H groups in total. The number of aryl methyl sites for hydroxylation is 1. The molecule has 17 heavy (non-hydrogen) atoms. The van der Waals surface area contributed by atoms with Gasteiger partial charge in [-0.15, -0.1) is 11.3 Å². The lowest BCUT2D eigenvalue weighted by Crippen LogP contribution is -1.90. The smallest absolute Gasteiger partial charge is 0.125 e. The summed E-state index contributed by atoms with van der Waals surface area (Å²) in [6, 6.07) is 8.08. The van der Waals surface area contributed by atoms with E-state index in [0.29, 0.717) is 4.88 Å². The zero-order valence-electron chi connectivity index (χ0n) is 9.73. The molecule has 1 heterocycles. The highest BCUT2D eigenvalue weighted by atomic mass is 32.1. The van der Waals surface area contributed by atoms with E-state index in [4.69, 9.17) is 10.00 Å². The first kappa shape index (κ1) is 11.6. The van der Waals surface area contributed by atoms with E-state index < -0.39 is 0 Å². The molecule has 0 radical (unpaired) electrons. The lowest BCUT2D eigenvalue weighted by molar-refractivity contribution is 0.410. The number of rotatable bonds is 3. The Kier molecular flexibility index (Phi) is 3.40. The van der Waals surface area contributed by atoms with Crippen molar-refractivity contribution in [3.05, 3.63) is 34.8 Å². The van der Waals surface area contributed by atoms with Gasteiger partial charge in [-0.3, -0.25) is 0 Å². The Labute approximate surface area is 104 Å². The molecular formula is C13H12N2OS. The molecule has 0 spiro atoms. The van der Waals surface area contributed by atoms with Crippen LogP contribution in [0.1, 0.15) is 17.4 Å². The van der Waals surface area contributed by atoms with Crippen LogP contribution in [0.3, 0.4) is 0 Å². The van der Waals surface area contributed by atoms with Crippen molar-refractivity contribution < 1.29 is 4.74 Å². The van der Waals surface area contributed by atoms with Gasteiger partial charge in [-0.1, -0.05) is 6.92 Å². The van der Waals surface area contributed by atoms with Crippen LogP contribution < -0.4 is 4.74 Å². The molecule has 0 aliphatic rings. The first-order valence-electron chi connectivity index (χ1n) is 5.31. The maximum absolute atomic E-state index is 8.78. The maximum atomic E-state index is 8.78. The number of nitrogens with zero attached hydrogens (tertiary/aromatic N) is 2. The standard InChI is InChI=1S/C13H12N2OS/c1-3-9-6-10(4-5-12(9)16-2)13-15-8-11(7-14)17-13/h4-6,8H,3H2,1-2H3. The number of hydrogen-bond donors (Lipinski definition) is 0. The number of benzene rings is 1. The summed E-state index contributed by atoms with van der Waals surface area (Å²) >= 11 is 1.41. The second-order valence-electron chi connectivity index (χ2n) is 3.52. The van der Waals surface area contributed by atoms with Crippen LogP contribution in [0.2, 0.25) is 0 Å². The van der Waals surface area contributed by atoms with E-state index in [2.05, 4.69) is 24.0 Å². The van der Waals surface area contributed by atoms with Crippen molar-refractivity contribution in [2.45, 2.75) is 13.3 Å². The quantitative estimate of drug-likeness (QED) is 0.832. The number of aromatic nitrogens is 1. The second-order valence-corrected chi connectivity index (χ2v) is 4.55. The molecule has 0 amide bonds. The molecule has 86 valence electrons. The number of ether oxygens (including phenoxy) is 1. The van der Waals surface area contributed by atoms with Crippen LogP contribution in [0.15, 0.2) is 24.4 Å². The van der Waals surface area contributed by atoms with Crippen molar-refractivity contribution in [2.24, 2.45) is 0 Å². The molecular weight excluding hydrogens is 232 g/mol. The van der Waals surface area contributed by atoms with E-state index in [1.54, 1.807) is 13.3 Å². The van der Waals surface area contributed by atoms with E-state index in [1.807, 2.05) is 12.1 Å². The molecule has 2 aromatic rings. The molecule has 3 nitrogen and oxygen atoms in total. The largest absolute Gasteiger partial charge is 0.496 e. The molecule has 0 aliphatic heterocycles. The van der Waals surface area contributed by atoms with Crippen molar-refractivity contribution in [2.75, 3.05) is 7.11 Å². The van der Waals surface area contributed by atoms with Crippen LogP contribution in [0, 0.1) is 11.3 Å². The van der Waals surface area contributed by atoms with E-state index in [0.717, 1.165) is 28.3 Å².